The molecule has 0 aliphatic rings. The Bertz CT molecular complexity index is 432. The summed E-state index contributed by atoms with van der Waals surface area (Å²) in [6.45, 7) is 0. The molecule has 5 nitrogen and oxygen atoms in total. The molecule has 0 radical (unpaired) electrons. The molecule has 0 aromatic carbocycles. The minimum atomic E-state index is -2.98. The molecule has 1 rings (SSSR count). The topological polar surface area (TPSA) is 76.0 Å². The first-order valence-electron chi connectivity index (χ1n) is 3.28. The van der Waals surface area contributed by atoms with Crippen molar-refractivity contribution in [2.24, 2.45) is 0 Å². The van der Waals surface area contributed by atoms with Crippen molar-refractivity contribution in [3.63, 3.8) is 0 Å². The lowest BCUT2D eigenvalue weighted by molar-refractivity contribution is -0.386. The number of pyridine rings is 1. The van der Waals surface area contributed by atoms with Crippen LogP contribution < -0.4 is 5.56 Å². The molecule has 0 saturated carbocycles. The van der Waals surface area contributed by atoms with Gasteiger partial charge in [0, 0.05) is 6.07 Å². The van der Waals surface area contributed by atoms with Gasteiger partial charge in [0.25, 0.3) is 6.43 Å². The van der Waals surface area contributed by atoms with Crippen LogP contribution in [0.1, 0.15) is 12.1 Å². The van der Waals surface area contributed by atoms with Crippen molar-refractivity contribution in [3.8, 4) is 0 Å². The highest BCUT2D eigenvalue weighted by Gasteiger charge is 2.20. The van der Waals surface area contributed by atoms with E-state index in [1.165, 1.54) is 0 Å². The largest absolute Gasteiger partial charge is 0.335 e. The van der Waals surface area contributed by atoms with E-state index in [-0.39, 0.29) is 0 Å². The Morgan fingerprint density at radius 1 is 1.57 bits per heavy atom. The van der Waals surface area contributed by atoms with Gasteiger partial charge in [0.1, 0.15) is 5.69 Å². The van der Waals surface area contributed by atoms with Crippen molar-refractivity contribution in [1.82, 2.24) is 4.98 Å². The Labute approximate surface area is 80.5 Å². The van der Waals surface area contributed by atoms with Gasteiger partial charge in [0.2, 0.25) is 0 Å². The Morgan fingerprint density at radius 2 is 2.14 bits per heavy atom. The highest BCUT2D eigenvalue weighted by atomic mass is 35.5. The van der Waals surface area contributed by atoms with E-state index in [1.807, 2.05) is 0 Å². The van der Waals surface area contributed by atoms with Crippen LogP contribution in [0.25, 0.3) is 0 Å². The van der Waals surface area contributed by atoms with Gasteiger partial charge in [-0.2, -0.15) is 0 Å². The van der Waals surface area contributed by atoms with E-state index >= 15 is 0 Å². The average molecular weight is 225 g/mol. The van der Waals surface area contributed by atoms with Crippen molar-refractivity contribution < 1.29 is 13.7 Å². The summed E-state index contributed by atoms with van der Waals surface area (Å²) in [5.74, 6) is 0. The Balaban J connectivity index is 3.39. The van der Waals surface area contributed by atoms with E-state index in [0.717, 1.165) is 0 Å². The minimum Gasteiger partial charge on any atom is -0.314 e. The number of aromatic nitrogens is 1. The van der Waals surface area contributed by atoms with Crippen LogP contribution in [0.3, 0.4) is 0 Å². The molecule has 0 aliphatic carbocycles. The second-order valence-electron chi connectivity index (χ2n) is 2.30. The molecular weight excluding hydrogens is 222 g/mol. The van der Waals surface area contributed by atoms with Gasteiger partial charge in [-0.15, -0.1) is 0 Å². The molecule has 0 aliphatic heterocycles. The zero-order valence-electron chi connectivity index (χ0n) is 6.46. The molecule has 76 valence electrons. The van der Waals surface area contributed by atoms with Gasteiger partial charge < -0.3 is 4.98 Å². The molecule has 0 bridgehead atoms. The summed E-state index contributed by atoms with van der Waals surface area (Å²) in [7, 11) is 0. The second kappa shape index (κ2) is 3.70. The molecule has 0 amide bonds. The second-order valence-corrected chi connectivity index (χ2v) is 2.71. The molecule has 1 heterocycles. The number of alkyl halides is 2. The van der Waals surface area contributed by atoms with E-state index in [2.05, 4.69) is 0 Å². The van der Waals surface area contributed by atoms with Crippen LogP contribution >= 0.6 is 11.6 Å². The number of H-pyrrole nitrogens is 1. The summed E-state index contributed by atoms with van der Waals surface area (Å²) >= 11 is 5.29. The molecular formula is C6H3ClF2N2O3. The van der Waals surface area contributed by atoms with E-state index in [0.29, 0.717) is 6.07 Å². The van der Waals surface area contributed by atoms with Crippen molar-refractivity contribution in [2.45, 2.75) is 6.43 Å². The fourth-order valence-electron chi connectivity index (χ4n) is 0.804. The first kappa shape index (κ1) is 10.6. The maximum Gasteiger partial charge on any atom is 0.335 e. The van der Waals surface area contributed by atoms with E-state index in [1.54, 1.807) is 4.98 Å². The number of nitrogens with zero attached hydrogens (tertiary/aromatic N) is 1. The van der Waals surface area contributed by atoms with Crippen molar-refractivity contribution in [3.05, 3.63) is 37.3 Å². The van der Waals surface area contributed by atoms with Crippen LogP contribution in [-0.2, 0) is 0 Å². The fourth-order valence-corrected chi connectivity index (χ4v) is 1.04. The first-order valence-corrected chi connectivity index (χ1v) is 3.66. The zero-order chi connectivity index (χ0) is 10.9. The van der Waals surface area contributed by atoms with Crippen molar-refractivity contribution in [2.75, 3.05) is 0 Å². The van der Waals surface area contributed by atoms with Gasteiger partial charge in [-0.25, -0.2) is 8.78 Å². The third-order valence-corrected chi connectivity index (χ3v) is 1.73. The lowest BCUT2D eigenvalue weighted by atomic mass is 10.3. The number of aromatic amines is 1. The van der Waals surface area contributed by atoms with Crippen LogP contribution in [0, 0.1) is 10.1 Å². The fraction of sp³-hybridized carbons (Fsp3) is 0.167. The summed E-state index contributed by atoms with van der Waals surface area (Å²) in [5.41, 5.74) is -2.88. The normalized spacial score (nSPS) is 10.6. The number of hydrogen-bond donors (Lipinski definition) is 1. The number of nitro groups is 1. The maximum absolute atomic E-state index is 12.1. The third-order valence-electron chi connectivity index (χ3n) is 1.42. The van der Waals surface area contributed by atoms with Gasteiger partial charge in [-0.3, -0.25) is 14.9 Å². The molecule has 1 aromatic heterocycles. The Morgan fingerprint density at radius 3 is 2.57 bits per heavy atom. The lowest BCUT2D eigenvalue weighted by Crippen LogP contribution is -2.14. The molecule has 8 heteroatoms. The molecule has 0 unspecified atom stereocenters. The van der Waals surface area contributed by atoms with E-state index < -0.39 is 33.3 Å². The van der Waals surface area contributed by atoms with Gasteiger partial charge >= 0.3 is 11.2 Å². The lowest BCUT2D eigenvalue weighted by Gasteiger charge is -2.01. The summed E-state index contributed by atoms with van der Waals surface area (Å²) in [4.78, 5) is 21.7. The van der Waals surface area contributed by atoms with Gasteiger partial charge in [-0.05, 0) is 0 Å². The zero-order valence-corrected chi connectivity index (χ0v) is 7.22. The maximum atomic E-state index is 12.1. The van der Waals surface area contributed by atoms with Crippen LogP contribution in [-0.4, -0.2) is 9.91 Å². The summed E-state index contributed by atoms with van der Waals surface area (Å²) in [5, 5.41) is 9.66. The summed E-state index contributed by atoms with van der Waals surface area (Å²) in [6.07, 6.45) is -2.98. The Kier molecular flexibility index (Phi) is 2.80. The molecule has 1 aromatic rings. The van der Waals surface area contributed by atoms with Crippen LogP contribution in [0.4, 0.5) is 14.5 Å². The van der Waals surface area contributed by atoms with Gasteiger partial charge in [0.05, 0.1) is 9.95 Å². The molecule has 14 heavy (non-hydrogen) atoms. The first-order chi connectivity index (χ1) is 6.43. The molecule has 0 spiro atoms. The molecule has 0 saturated heterocycles. The monoisotopic (exact) mass is 224 g/mol. The predicted molar refractivity (Wildman–Crippen MR) is 43.7 cm³/mol. The number of hydrogen-bond acceptors (Lipinski definition) is 3. The molecule has 0 atom stereocenters. The number of halogens is 3. The summed E-state index contributed by atoms with van der Waals surface area (Å²) in [6, 6.07) is 0.599. The van der Waals surface area contributed by atoms with Crippen LogP contribution in [0.5, 0.6) is 0 Å². The minimum absolute atomic E-state index is 0.536. The van der Waals surface area contributed by atoms with E-state index in [4.69, 9.17) is 11.6 Å². The van der Waals surface area contributed by atoms with Crippen molar-refractivity contribution >= 4 is 17.3 Å². The van der Waals surface area contributed by atoms with Gasteiger partial charge in [0.15, 0.2) is 0 Å². The standard InChI is InChI=1S/C6H3ClF2N2O3/c7-2-1-3(11(13)14)6(12)10-4(2)5(8)9/h1,5H,(H,10,12). The smallest absolute Gasteiger partial charge is 0.314 e. The average Bonchev–Trinajstić information content (AvgIpc) is 2.07. The highest BCUT2D eigenvalue weighted by molar-refractivity contribution is 6.31. The van der Waals surface area contributed by atoms with Gasteiger partial charge in [-0.1, -0.05) is 11.6 Å². The van der Waals surface area contributed by atoms with Crippen LogP contribution in [0.15, 0.2) is 10.9 Å². The molecule has 0 fully saturated rings. The SMILES string of the molecule is O=c1[nH]c(C(F)F)c(Cl)cc1[N+](=O)[O-]. The van der Waals surface area contributed by atoms with E-state index in [9.17, 15) is 23.7 Å². The predicted octanol–water partition coefficient (Wildman–Crippen LogP) is 1.87. The van der Waals surface area contributed by atoms with Crippen LogP contribution in [0.2, 0.25) is 5.02 Å². The van der Waals surface area contributed by atoms with Crippen molar-refractivity contribution in [1.29, 1.82) is 0 Å². The highest BCUT2D eigenvalue weighted by Crippen LogP contribution is 2.25. The third kappa shape index (κ3) is 1.87. The number of nitrogens with one attached hydrogen (secondary N) is 1. The Hall–Kier alpha value is -1.50. The number of rotatable bonds is 2. The quantitative estimate of drug-likeness (QED) is 0.615. The molecule has 1 N–H and O–H groups in total. The summed E-state index contributed by atoms with van der Waals surface area (Å²) < 4.78 is 24.2.